The van der Waals surface area contributed by atoms with Gasteiger partial charge in [-0.25, -0.2) is 4.79 Å². The van der Waals surface area contributed by atoms with E-state index in [-0.39, 0.29) is 11.4 Å². The molecule has 0 aliphatic carbocycles. The van der Waals surface area contributed by atoms with Gasteiger partial charge in [-0.2, -0.15) is 0 Å². The molecule has 0 bridgehead atoms. The molecule has 2 rings (SSSR count). The number of carbonyl (C=O) groups is 1. The van der Waals surface area contributed by atoms with Gasteiger partial charge >= 0.3 is 5.97 Å². The Morgan fingerprint density at radius 3 is 2.65 bits per heavy atom. The van der Waals surface area contributed by atoms with Crippen molar-refractivity contribution in [3.63, 3.8) is 0 Å². The first kappa shape index (κ1) is 12.2. The second kappa shape index (κ2) is 4.18. The predicted octanol–water partition coefficient (Wildman–Crippen LogP) is 1.74. The van der Waals surface area contributed by atoms with E-state index in [2.05, 4.69) is 31.1 Å². The summed E-state index contributed by atoms with van der Waals surface area (Å²) < 4.78 is 4.92. The van der Waals surface area contributed by atoms with Gasteiger partial charge in [0, 0.05) is 23.3 Å². The van der Waals surface area contributed by atoms with Crippen molar-refractivity contribution in [2.75, 3.05) is 13.7 Å². The van der Waals surface area contributed by atoms with Crippen LogP contribution in [-0.4, -0.2) is 24.6 Å². The Hall–Kier alpha value is -1.29. The Morgan fingerprint density at radius 1 is 1.35 bits per heavy atom. The topological polar surface area (TPSA) is 54.1 Å². The van der Waals surface area contributed by atoms with Crippen LogP contribution in [0, 0.1) is 0 Å². The summed E-state index contributed by atoms with van der Waals surface area (Å²) >= 11 is 0. The SMILES string of the molecule is COC(=O)c1c(C(C)(C)C)[nH]c2c1CCNC2. The summed E-state index contributed by atoms with van der Waals surface area (Å²) in [5.74, 6) is -0.227. The van der Waals surface area contributed by atoms with E-state index in [1.165, 1.54) is 7.11 Å². The number of H-pyrrole nitrogens is 1. The number of nitrogens with one attached hydrogen (secondary N) is 2. The van der Waals surface area contributed by atoms with Gasteiger partial charge in [-0.3, -0.25) is 0 Å². The zero-order valence-electron chi connectivity index (χ0n) is 10.9. The van der Waals surface area contributed by atoms with Gasteiger partial charge < -0.3 is 15.0 Å². The van der Waals surface area contributed by atoms with Crippen LogP contribution in [0.1, 0.15) is 48.1 Å². The van der Waals surface area contributed by atoms with Crippen LogP contribution in [0.25, 0.3) is 0 Å². The van der Waals surface area contributed by atoms with E-state index in [4.69, 9.17) is 4.74 Å². The first-order valence-corrected chi connectivity index (χ1v) is 5.98. The lowest BCUT2D eigenvalue weighted by atomic mass is 9.88. The molecule has 0 aromatic carbocycles. The van der Waals surface area contributed by atoms with E-state index in [1.807, 2.05) is 0 Å². The van der Waals surface area contributed by atoms with E-state index < -0.39 is 0 Å². The molecule has 1 aliphatic heterocycles. The summed E-state index contributed by atoms with van der Waals surface area (Å²) in [6, 6.07) is 0. The third-order valence-electron chi connectivity index (χ3n) is 3.19. The molecule has 4 heteroatoms. The van der Waals surface area contributed by atoms with Crippen LogP contribution in [0.2, 0.25) is 0 Å². The van der Waals surface area contributed by atoms with E-state index in [0.717, 1.165) is 42.0 Å². The summed E-state index contributed by atoms with van der Waals surface area (Å²) in [7, 11) is 1.44. The molecule has 0 spiro atoms. The lowest BCUT2D eigenvalue weighted by molar-refractivity contribution is 0.0596. The molecule has 17 heavy (non-hydrogen) atoms. The molecule has 2 heterocycles. The molecule has 0 radical (unpaired) electrons. The summed E-state index contributed by atoms with van der Waals surface area (Å²) in [5.41, 5.74) is 3.90. The van der Waals surface area contributed by atoms with Crippen molar-refractivity contribution < 1.29 is 9.53 Å². The molecule has 0 atom stereocenters. The molecule has 1 aromatic heterocycles. The van der Waals surface area contributed by atoms with Gasteiger partial charge in [0.05, 0.1) is 12.7 Å². The van der Waals surface area contributed by atoms with Crippen molar-refractivity contribution in [1.29, 1.82) is 0 Å². The third-order valence-corrected chi connectivity index (χ3v) is 3.19. The molecule has 2 N–H and O–H groups in total. The zero-order chi connectivity index (χ0) is 12.6. The first-order chi connectivity index (χ1) is 7.95. The second-order valence-electron chi connectivity index (χ2n) is 5.50. The standard InChI is InChI=1S/C13H20N2O2/c1-13(2,3)11-10(12(16)17-4)8-5-6-14-7-9(8)15-11/h14-15H,5-7H2,1-4H3. The Labute approximate surface area is 102 Å². The van der Waals surface area contributed by atoms with E-state index in [0.29, 0.717) is 0 Å². The highest BCUT2D eigenvalue weighted by molar-refractivity contribution is 5.93. The number of rotatable bonds is 1. The Morgan fingerprint density at radius 2 is 2.06 bits per heavy atom. The molecule has 0 saturated carbocycles. The van der Waals surface area contributed by atoms with Crippen molar-refractivity contribution in [2.45, 2.75) is 39.2 Å². The zero-order valence-corrected chi connectivity index (χ0v) is 10.9. The Kier molecular flexibility index (Phi) is 3.00. The summed E-state index contributed by atoms with van der Waals surface area (Å²) in [6.45, 7) is 8.02. The molecule has 94 valence electrons. The highest BCUT2D eigenvalue weighted by Crippen LogP contribution is 2.31. The lowest BCUT2D eigenvalue weighted by Crippen LogP contribution is -2.24. The monoisotopic (exact) mass is 236 g/mol. The maximum atomic E-state index is 12.0. The van der Waals surface area contributed by atoms with Gasteiger partial charge in [-0.1, -0.05) is 20.8 Å². The largest absolute Gasteiger partial charge is 0.465 e. The van der Waals surface area contributed by atoms with Crippen molar-refractivity contribution in [2.24, 2.45) is 0 Å². The predicted molar refractivity (Wildman–Crippen MR) is 66.2 cm³/mol. The molecule has 0 fully saturated rings. The van der Waals surface area contributed by atoms with E-state index in [9.17, 15) is 4.79 Å². The summed E-state index contributed by atoms with van der Waals surface area (Å²) in [6.07, 6.45) is 0.881. The number of ether oxygens (including phenoxy) is 1. The number of methoxy groups -OCH3 is 1. The third kappa shape index (κ3) is 2.09. The number of esters is 1. The summed E-state index contributed by atoms with van der Waals surface area (Å²) in [4.78, 5) is 15.3. The number of hydrogen-bond donors (Lipinski definition) is 2. The number of carbonyl (C=O) groups excluding carboxylic acids is 1. The molecular formula is C13H20N2O2. The fraction of sp³-hybridized carbons (Fsp3) is 0.615. The van der Waals surface area contributed by atoms with Gasteiger partial charge in [0.15, 0.2) is 0 Å². The Balaban J connectivity index is 2.59. The van der Waals surface area contributed by atoms with Crippen LogP contribution in [0.3, 0.4) is 0 Å². The molecule has 0 unspecified atom stereocenters. The van der Waals surface area contributed by atoms with Crippen molar-refractivity contribution in [3.8, 4) is 0 Å². The van der Waals surface area contributed by atoms with Crippen LogP contribution >= 0.6 is 0 Å². The molecule has 1 aliphatic rings. The van der Waals surface area contributed by atoms with Crippen LogP contribution in [0.4, 0.5) is 0 Å². The fourth-order valence-corrected chi connectivity index (χ4v) is 2.33. The highest BCUT2D eigenvalue weighted by atomic mass is 16.5. The van der Waals surface area contributed by atoms with Gasteiger partial charge in [-0.05, 0) is 18.5 Å². The second-order valence-corrected chi connectivity index (χ2v) is 5.50. The molecule has 0 saturated heterocycles. The summed E-state index contributed by atoms with van der Waals surface area (Å²) in [5, 5.41) is 3.31. The van der Waals surface area contributed by atoms with Crippen LogP contribution in [0.5, 0.6) is 0 Å². The molecular weight excluding hydrogens is 216 g/mol. The fourth-order valence-electron chi connectivity index (χ4n) is 2.33. The van der Waals surface area contributed by atoms with Crippen LogP contribution in [-0.2, 0) is 23.1 Å². The lowest BCUT2D eigenvalue weighted by Gasteiger charge is -2.18. The average molecular weight is 236 g/mol. The number of aromatic amines is 1. The first-order valence-electron chi connectivity index (χ1n) is 5.98. The Bertz CT molecular complexity index is 441. The normalized spacial score (nSPS) is 15.5. The van der Waals surface area contributed by atoms with Crippen molar-refractivity contribution in [1.82, 2.24) is 10.3 Å². The quantitative estimate of drug-likeness (QED) is 0.730. The van der Waals surface area contributed by atoms with E-state index in [1.54, 1.807) is 0 Å². The van der Waals surface area contributed by atoms with Crippen molar-refractivity contribution >= 4 is 5.97 Å². The van der Waals surface area contributed by atoms with Gasteiger partial charge in [0.2, 0.25) is 0 Å². The molecule has 4 nitrogen and oxygen atoms in total. The van der Waals surface area contributed by atoms with Crippen LogP contribution < -0.4 is 5.32 Å². The molecule has 0 amide bonds. The van der Waals surface area contributed by atoms with Gasteiger partial charge in [0.25, 0.3) is 0 Å². The van der Waals surface area contributed by atoms with Crippen LogP contribution in [0.15, 0.2) is 0 Å². The van der Waals surface area contributed by atoms with Crippen molar-refractivity contribution in [3.05, 3.63) is 22.5 Å². The maximum absolute atomic E-state index is 12.0. The van der Waals surface area contributed by atoms with Gasteiger partial charge in [-0.15, -0.1) is 0 Å². The number of hydrogen-bond acceptors (Lipinski definition) is 3. The minimum absolute atomic E-state index is 0.0825. The van der Waals surface area contributed by atoms with Gasteiger partial charge in [0.1, 0.15) is 0 Å². The average Bonchev–Trinajstić information content (AvgIpc) is 2.67. The number of aromatic nitrogens is 1. The minimum Gasteiger partial charge on any atom is -0.465 e. The molecule has 1 aromatic rings. The highest BCUT2D eigenvalue weighted by Gasteiger charge is 2.30. The minimum atomic E-state index is -0.227. The van der Waals surface area contributed by atoms with E-state index >= 15 is 0 Å². The smallest absolute Gasteiger partial charge is 0.340 e. The number of fused-ring (bicyclic) bond motifs is 1. The maximum Gasteiger partial charge on any atom is 0.340 e.